The van der Waals surface area contributed by atoms with Gasteiger partial charge in [-0.15, -0.1) is 0 Å². The van der Waals surface area contributed by atoms with Crippen molar-refractivity contribution in [3.63, 3.8) is 0 Å². The Balaban J connectivity index is 2.28. The number of benzene rings is 1. The number of ether oxygens (including phenoxy) is 1. The quantitative estimate of drug-likeness (QED) is 0.162. The van der Waals surface area contributed by atoms with Crippen LogP contribution in [0.25, 0.3) is 0 Å². The number of rotatable bonds is 8. The van der Waals surface area contributed by atoms with Crippen molar-refractivity contribution in [1.82, 2.24) is 4.31 Å². The third kappa shape index (κ3) is 5.54. The van der Waals surface area contributed by atoms with Gasteiger partial charge in [-0.3, -0.25) is 0 Å². The zero-order chi connectivity index (χ0) is 19.5. The summed E-state index contributed by atoms with van der Waals surface area (Å²) >= 11 is 8.05. The molecule has 1 aliphatic heterocycles. The molecule has 1 fully saturated rings. The third-order valence-electron chi connectivity index (χ3n) is 4.16. The molecule has 0 bridgehead atoms. The van der Waals surface area contributed by atoms with Gasteiger partial charge in [0.15, 0.2) is 0 Å². The molecule has 148 valence electrons. The highest BCUT2D eigenvalue weighted by Gasteiger charge is 2.34. The molecule has 1 aliphatic rings. The largest absolute Gasteiger partial charge is 0.360 e. The van der Waals surface area contributed by atoms with E-state index in [0.29, 0.717) is 19.7 Å². The monoisotopic (exact) mass is 534 g/mol. The van der Waals surface area contributed by atoms with E-state index in [2.05, 4.69) is 19.6 Å². The number of halogens is 3. The Morgan fingerprint density at radius 3 is 2.50 bits per heavy atom. The Labute approximate surface area is 175 Å². The van der Waals surface area contributed by atoms with Gasteiger partial charge >= 0.3 is 10.2 Å². The number of hydrogen-bond donors (Lipinski definition) is 0. The molecule has 0 atom stereocenters. The van der Waals surface area contributed by atoms with E-state index in [9.17, 15) is 12.8 Å². The Morgan fingerprint density at radius 2 is 1.92 bits per heavy atom. The fourth-order valence-electron chi connectivity index (χ4n) is 2.55. The fraction of sp³-hybridized carbons (Fsp3) is 0.625. The predicted molar refractivity (Wildman–Crippen MR) is 115 cm³/mol. The SMILES string of the molecule is C[Si](C)(C)CCOCN(c1ccc(F)c(I)c1Cl)S(=O)(=O)N1CCCC1. The predicted octanol–water partition coefficient (Wildman–Crippen LogP) is 4.54. The minimum absolute atomic E-state index is 0.0853. The van der Waals surface area contributed by atoms with Gasteiger partial charge in [0, 0.05) is 27.8 Å². The average molecular weight is 535 g/mol. The lowest BCUT2D eigenvalue weighted by molar-refractivity contribution is 0.155. The van der Waals surface area contributed by atoms with Gasteiger partial charge in [-0.1, -0.05) is 31.2 Å². The lowest BCUT2D eigenvalue weighted by atomic mass is 10.3. The highest BCUT2D eigenvalue weighted by Crippen LogP contribution is 2.34. The van der Waals surface area contributed by atoms with Crippen molar-refractivity contribution in [2.75, 3.05) is 30.7 Å². The Bertz CT molecular complexity index is 740. The molecule has 1 saturated heterocycles. The van der Waals surface area contributed by atoms with Crippen LogP contribution in [-0.4, -0.2) is 47.2 Å². The minimum atomic E-state index is -3.78. The van der Waals surface area contributed by atoms with Crippen molar-refractivity contribution in [2.24, 2.45) is 0 Å². The van der Waals surface area contributed by atoms with Crippen molar-refractivity contribution in [3.05, 3.63) is 26.5 Å². The number of hydrogen-bond acceptors (Lipinski definition) is 3. The highest BCUT2D eigenvalue weighted by atomic mass is 127. The van der Waals surface area contributed by atoms with Crippen LogP contribution in [0.2, 0.25) is 30.7 Å². The second-order valence-electron chi connectivity index (χ2n) is 7.50. The van der Waals surface area contributed by atoms with Crippen molar-refractivity contribution >= 4 is 58.2 Å². The fourth-order valence-corrected chi connectivity index (χ4v) is 5.68. The van der Waals surface area contributed by atoms with E-state index < -0.39 is 24.1 Å². The summed E-state index contributed by atoms with van der Waals surface area (Å²) in [7, 11) is -5.07. The lowest BCUT2D eigenvalue weighted by Crippen LogP contribution is -2.44. The first-order chi connectivity index (χ1) is 12.0. The van der Waals surface area contributed by atoms with Crippen LogP contribution in [0.3, 0.4) is 0 Å². The maximum atomic E-state index is 13.8. The van der Waals surface area contributed by atoms with E-state index in [0.717, 1.165) is 23.2 Å². The first-order valence-corrected chi connectivity index (χ1v) is 15.1. The summed E-state index contributed by atoms with van der Waals surface area (Å²) in [4.78, 5) is 0. The molecule has 0 aromatic heterocycles. The third-order valence-corrected chi connectivity index (χ3v) is 9.50. The lowest BCUT2D eigenvalue weighted by Gasteiger charge is -2.30. The molecule has 26 heavy (non-hydrogen) atoms. The maximum absolute atomic E-state index is 13.8. The van der Waals surface area contributed by atoms with Gasteiger partial charge in [0.05, 0.1) is 14.3 Å². The summed E-state index contributed by atoms with van der Waals surface area (Å²) in [6.45, 7) is 7.99. The summed E-state index contributed by atoms with van der Waals surface area (Å²) in [5.74, 6) is -0.475. The van der Waals surface area contributed by atoms with Crippen LogP contribution in [0.15, 0.2) is 12.1 Å². The first-order valence-electron chi connectivity index (χ1n) is 8.53. The molecule has 0 aliphatic carbocycles. The van der Waals surface area contributed by atoms with Gasteiger partial charge in [-0.05, 0) is 53.6 Å². The summed E-state index contributed by atoms with van der Waals surface area (Å²) in [6, 6.07) is 3.56. The molecule has 1 aromatic carbocycles. The summed E-state index contributed by atoms with van der Waals surface area (Å²) in [6.07, 6.45) is 1.66. The molecule has 10 heteroatoms. The topological polar surface area (TPSA) is 49.9 Å². The van der Waals surface area contributed by atoms with E-state index in [4.69, 9.17) is 16.3 Å². The second-order valence-corrected chi connectivity index (χ2v) is 16.4. The molecule has 0 amide bonds. The first kappa shape index (κ1) is 22.3. The molecular formula is C16H25ClFIN2O3SSi. The molecule has 0 unspecified atom stereocenters. The van der Waals surface area contributed by atoms with E-state index >= 15 is 0 Å². The van der Waals surface area contributed by atoms with Crippen LogP contribution in [0.1, 0.15) is 12.8 Å². The van der Waals surface area contributed by atoms with Crippen LogP contribution < -0.4 is 4.31 Å². The van der Waals surface area contributed by atoms with Crippen molar-refractivity contribution in [3.8, 4) is 0 Å². The smallest absolute Gasteiger partial charge is 0.306 e. The second kappa shape index (κ2) is 9.04. The van der Waals surface area contributed by atoms with E-state index in [1.54, 1.807) is 22.6 Å². The van der Waals surface area contributed by atoms with E-state index in [1.807, 2.05) is 0 Å². The van der Waals surface area contributed by atoms with Crippen molar-refractivity contribution < 1.29 is 17.5 Å². The van der Waals surface area contributed by atoms with Gasteiger partial charge in [-0.2, -0.15) is 12.7 Å². The minimum Gasteiger partial charge on any atom is -0.360 e. The molecule has 1 aromatic rings. The zero-order valence-corrected chi connectivity index (χ0v) is 20.0. The van der Waals surface area contributed by atoms with Gasteiger partial charge in [0.2, 0.25) is 0 Å². The zero-order valence-electron chi connectivity index (χ0n) is 15.3. The van der Waals surface area contributed by atoms with Gasteiger partial charge < -0.3 is 4.74 Å². The Hall–Kier alpha value is 0.0569. The molecule has 2 rings (SSSR count). The summed E-state index contributed by atoms with van der Waals surface area (Å²) in [5.41, 5.74) is 0.248. The summed E-state index contributed by atoms with van der Waals surface area (Å²) in [5, 5.41) is 0.0853. The van der Waals surface area contributed by atoms with Crippen LogP contribution in [0.4, 0.5) is 10.1 Å². The van der Waals surface area contributed by atoms with Gasteiger partial charge in [0.1, 0.15) is 12.5 Å². The van der Waals surface area contributed by atoms with Crippen LogP contribution >= 0.6 is 34.2 Å². The van der Waals surface area contributed by atoms with Crippen LogP contribution in [0, 0.1) is 9.39 Å². The molecule has 0 spiro atoms. The highest BCUT2D eigenvalue weighted by molar-refractivity contribution is 14.1. The van der Waals surface area contributed by atoms with E-state index in [-0.39, 0.29) is 21.0 Å². The van der Waals surface area contributed by atoms with Crippen molar-refractivity contribution in [1.29, 1.82) is 0 Å². The molecular weight excluding hydrogens is 510 g/mol. The number of anilines is 1. The molecule has 1 heterocycles. The Morgan fingerprint density at radius 1 is 1.31 bits per heavy atom. The van der Waals surface area contributed by atoms with E-state index in [1.165, 1.54) is 16.4 Å². The van der Waals surface area contributed by atoms with Gasteiger partial charge in [0.25, 0.3) is 0 Å². The summed E-state index contributed by atoms with van der Waals surface area (Å²) < 4.78 is 48.4. The molecule has 0 saturated carbocycles. The molecule has 0 N–H and O–H groups in total. The standard InChI is InChI=1S/C16H25ClFIN2O3SSi/c1-26(2,3)11-10-24-12-21(25(22,23)20-8-4-5-9-20)14-7-6-13(18)16(19)15(14)17/h6-7H,4-5,8-12H2,1-3H3. The van der Waals surface area contributed by atoms with Gasteiger partial charge in [-0.25, -0.2) is 8.70 Å². The van der Waals surface area contributed by atoms with Crippen LogP contribution in [-0.2, 0) is 14.9 Å². The normalized spacial score (nSPS) is 16.2. The van der Waals surface area contributed by atoms with Crippen molar-refractivity contribution in [2.45, 2.75) is 38.5 Å². The molecule has 5 nitrogen and oxygen atoms in total. The Kier molecular flexibility index (Phi) is 7.77. The average Bonchev–Trinajstić information content (AvgIpc) is 3.08. The van der Waals surface area contributed by atoms with Crippen LogP contribution in [0.5, 0.6) is 0 Å². The maximum Gasteiger partial charge on any atom is 0.306 e. The molecule has 0 radical (unpaired) electrons. The number of nitrogens with zero attached hydrogens (tertiary/aromatic N) is 2.